The summed E-state index contributed by atoms with van der Waals surface area (Å²) in [5.41, 5.74) is 0. The topological polar surface area (TPSA) is 43.4 Å². The van der Waals surface area contributed by atoms with Crippen LogP contribution in [0.1, 0.15) is 25.7 Å². The molecule has 1 aliphatic carbocycles. The predicted molar refractivity (Wildman–Crippen MR) is 45.2 cm³/mol. The maximum atomic E-state index is 11.0. The van der Waals surface area contributed by atoms with Gasteiger partial charge in [-0.05, 0) is 5.92 Å². The van der Waals surface area contributed by atoms with Gasteiger partial charge in [-0.3, -0.25) is 4.18 Å². The molecule has 2 fully saturated rings. The SMILES string of the molecule is O=S1(=O)C[C@H](C2CCCC2)CO1. The molecule has 1 aliphatic heterocycles. The van der Waals surface area contributed by atoms with Gasteiger partial charge in [0.05, 0.1) is 12.4 Å². The van der Waals surface area contributed by atoms with Crippen molar-refractivity contribution in [2.75, 3.05) is 12.4 Å². The van der Waals surface area contributed by atoms with Crippen molar-refractivity contribution in [1.29, 1.82) is 0 Å². The van der Waals surface area contributed by atoms with Crippen LogP contribution in [-0.4, -0.2) is 20.8 Å². The lowest BCUT2D eigenvalue weighted by Gasteiger charge is -2.13. The molecular formula is C8H14O3S. The lowest BCUT2D eigenvalue weighted by Crippen LogP contribution is -2.15. The van der Waals surface area contributed by atoms with Gasteiger partial charge in [-0.15, -0.1) is 0 Å². The Morgan fingerprint density at radius 1 is 1.08 bits per heavy atom. The molecule has 0 aromatic heterocycles. The molecule has 0 amide bonds. The van der Waals surface area contributed by atoms with E-state index in [9.17, 15) is 8.42 Å². The third kappa shape index (κ3) is 1.64. The zero-order chi connectivity index (χ0) is 8.60. The van der Waals surface area contributed by atoms with Crippen molar-refractivity contribution in [1.82, 2.24) is 0 Å². The van der Waals surface area contributed by atoms with Crippen LogP contribution in [0.4, 0.5) is 0 Å². The van der Waals surface area contributed by atoms with Crippen LogP contribution in [0.25, 0.3) is 0 Å². The molecule has 1 saturated carbocycles. The monoisotopic (exact) mass is 190 g/mol. The Morgan fingerprint density at radius 3 is 2.25 bits per heavy atom. The maximum Gasteiger partial charge on any atom is 0.267 e. The summed E-state index contributed by atoms with van der Waals surface area (Å²) in [4.78, 5) is 0. The first-order valence-corrected chi connectivity index (χ1v) is 6.12. The van der Waals surface area contributed by atoms with E-state index in [0.29, 0.717) is 12.5 Å². The van der Waals surface area contributed by atoms with Gasteiger partial charge in [0.15, 0.2) is 0 Å². The summed E-state index contributed by atoms with van der Waals surface area (Å²) in [5.74, 6) is 1.16. The molecule has 0 radical (unpaired) electrons. The zero-order valence-corrected chi connectivity index (χ0v) is 7.85. The molecular weight excluding hydrogens is 176 g/mol. The molecule has 12 heavy (non-hydrogen) atoms. The highest BCUT2D eigenvalue weighted by Crippen LogP contribution is 2.35. The summed E-state index contributed by atoms with van der Waals surface area (Å²) >= 11 is 0. The Kier molecular flexibility index (Phi) is 2.12. The van der Waals surface area contributed by atoms with Gasteiger partial charge in [0.1, 0.15) is 0 Å². The summed E-state index contributed by atoms with van der Waals surface area (Å²) in [6, 6.07) is 0. The van der Waals surface area contributed by atoms with Crippen LogP contribution in [0.5, 0.6) is 0 Å². The van der Waals surface area contributed by atoms with Gasteiger partial charge in [0, 0.05) is 5.92 Å². The minimum Gasteiger partial charge on any atom is -0.270 e. The molecule has 0 aromatic rings. The van der Waals surface area contributed by atoms with E-state index >= 15 is 0 Å². The van der Waals surface area contributed by atoms with E-state index in [1.54, 1.807) is 0 Å². The molecule has 0 unspecified atom stereocenters. The summed E-state index contributed by atoms with van der Waals surface area (Å²) in [7, 11) is -3.13. The second kappa shape index (κ2) is 3.00. The average Bonchev–Trinajstić information content (AvgIpc) is 2.55. The van der Waals surface area contributed by atoms with Crippen molar-refractivity contribution in [3.8, 4) is 0 Å². The fourth-order valence-electron chi connectivity index (χ4n) is 2.25. The van der Waals surface area contributed by atoms with Gasteiger partial charge in [-0.25, -0.2) is 0 Å². The maximum absolute atomic E-state index is 11.0. The van der Waals surface area contributed by atoms with E-state index < -0.39 is 10.1 Å². The van der Waals surface area contributed by atoms with Crippen LogP contribution in [0.2, 0.25) is 0 Å². The Hall–Kier alpha value is -0.0900. The third-order valence-corrected chi connectivity index (χ3v) is 4.28. The molecule has 0 bridgehead atoms. The van der Waals surface area contributed by atoms with Crippen LogP contribution >= 0.6 is 0 Å². The summed E-state index contributed by atoms with van der Waals surface area (Å²) < 4.78 is 26.7. The minimum atomic E-state index is -3.13. The van der Waals surface area contributed by atoms with Crippen molar-refractivity contribution in [3.05, 3.63) is 0 Å². The van der Waals surface area contributed by atoms with Crippen LogP contribution in [0.15, 0.2) is 0 Å². The fraction of sp³-hybridized carbons (Fsp3) is 1.00. The first kappa shape index (κ1) is 8.51. The van der Waals surface area contributed by atoms with Crippen molar-refractivity contribution < 1.29 is 12.6 Å². The van der Waals surface area contributed by atoms with Crippen LogP contribution < -0.4 is 0 Å². The second-order valence-corrected chi connectivity index (χ2v) is 5.50. The normalized spacial score (nSPS) is 35.8. The van der Waals surface area contributed by atoms with Gasteiger partial charge >= 0.3 is 0 Å². The summed E-state index contributed by atoms with van der Waals surface area (Å²) in [5, 5.41) is 0. The largest absolute Gasteiger partial charge is 0.270 e. The highest BCUT2D eigenvalue weighted by Gasteiger charge is 2.35. The summed E-state index contributed by atoms with van der Waals surface area (Å²) in [6.45, 7) is 0.438. The average molecular weight is 190 g/mol. The molecule has 0 N–H and O–H groups in total. The molecule has 1 saturated heterocycles. The van der Waals surface area contributed by atoms with Crippen LogP contribution in [0.3, 0.4) is 0 Å². The summed E-state index contributed by atoms with van der Waals surface area (Å²) in [6.07, 6.45) is 4.93. The Balaban J connectivity index is 1.99. The van der Waals surface area contributed by atoms with Gasteiger partial charge in [0.25, 0.3) is 10.1 Å². The fourth-order valence-corrected chi connectivity index (χ4v) is 3.62. The standard InChI is InChI=1S/C8H14O3S/c9-12(10)6-8(5-11-12)7-3-1-2-4-7/h7-8H,1-6H2/t8-/m1/s1. The van der Waals surface area contributed by atoms with E-state index in [4.69, 9.17) is 4.18 Å². The minimum absolute atomic E-state index is 0.262. The molecule has 0 aromatic carbocycles. The first-order valence-electron chi connectivity index (χ1n) is 4.54. The van der Waals surface area contributed by atoms with Crippen molar-refractivity contribution in [2.24, 2.45) is 11.8 Å². The molecule has 1 heterocycles. The highest BCUT2D eigenvalue weighted by atomic mass is 32.2. The highest BCUT2D eigenvalue weighted by molar-refractivity contribution is 7.86. The quantitative estimate of drug-likeness (QED) is 0.583. The van der Waals surface area contributed by atoms with E-state index in [2.05, 4.69) is 0 Å². The van der Waals surface area contributed by atoms with Gasteiger partial charge in [-0.2, -0.15) is 8.42 Å². The number of hydrogen-bond acceptors (Lipinski definition) is 3. The van der Waals surface area contributed by atoms with Crippen molar-refractivity contribution in [2.45, 2.75) is 25.7 Å². The molecule has 0 spiro atoms. The Bertz CT molecular complexity index is 251. The third-order valence-electron chi connectivity index (χ3n) is 2.95. The first-order chi connectivity index (χ1) is 5.67. The van der Waals surface area contributed by atoms with Gasteiger partial charge in [-0.1, -0.05) is 25.7 Å². The Morgan fingerprint density at radius 2 is 1.75 bits per heavy atom. The zero-order valence-electron chi connectivity index (χ0n) is 7.03. The number of rotatable bonds is 1. The van der Waals surface area contributed by atoms with Gasteiger partial charge in [0.2, 0.25) is 0 Å². The molecule has 4 heteroatoms. The molecule has 2 aliphatic rings. The van der Waals surface area contributed by atoms with Crippen LogP contribution in [0, 0.1) is 11.8 Å². The predicted octanol–water partition coefficient (Wildman–Crippen LogP) is 1.15. The number of hydrogen-bond donors (Lipinski definition) is 0. The Labute approximate surface area is 73.2 Å². The van der Waals surface area contributed by atoms with E-state index in [0.717, 1.165) is 0 Å². The van der Waals surface area contributed by atoms with Gasteiger partial charge < -0.3 is 0 Å². The van der Waals surface area contributed by atoms with E-state index in [1.807, 2.05) is 0 Å². The lowest BCUT2D eigenvalue weighted by atomic mass is 9.93. The molecule has 3 nitrogen and oxygen atoms in total. The lowest BCUT2D eigenvalue weighted by molar-refractivity contribution is 0.259. The smallest absolute Gasteiger partial charge is 0.267 e. The molecule has 1 atom stereocenters. The molecule has 70 valence electrons. The van der Waals surface area contributed by atoms with E-state index in [-0.39, 0.29) is 11.7 Å². The second-order valence-electron chi connectivity index (χ2n) is 3.81. The van der Waals surface area contributed by atoms with E-state index in [1.165, 1.54) is 25.7 Å². The van der Waals surface area contributed by atoms with Crippen molar-refractivity contribution >= 4 is 10.1 Å². The van der Waals surface area contributed by atoms with Crippen molar-refractivity contribution in [3.63, 3.8) is 0 Å². The molecule has 2 rings (SSSR count). The van der Waals surface area contributed by atoms with Crippen LogP contribution in [-0.2, 0) is 14.3 Å².